The Morgan fingerprint density at radius 2 is 2.00 bits per heavy atom. The first kappa shape index (κ1) is 13.7. The molecule has 1 N–H and O–H groups in total. The van der Waals surface area contributed by atoms with Crippen molar-refractivity contribution in [1.82, 2.24) is 10.2 Å². The molecule has 1 heterocycles. The van der Waals surface area contributed by atoms with Gasteiger partial charge in [0.1, 0.15) is 0 Å². The predicted octanol–water partition coefficient (Wildman–Crippen LogP) is 2.74. The highest BCUT2D eigenvalue weighted by molar-refractivity contribution is 8.00. The molecule has 0 spiro atoms. The molecule has 2 nitrogen and oxygen atoms in total. The van der Waals surface area contributed by atoms with E-state index in [0.29, 0.717) is 4.75 Å². The normalized spacial score (nSPS) is 25.8. The number of hydrogen-bond acceptors (Lipinski definition) is 3. The van der Waals surface area contributed by atoms with Gasteiger partial charge in [-0.2, -0.15) is 11.8 Å². The third-order valence-corrected chi connectivity index (χ3v) is 5.96. The molecule has 0 aromatic rings. The summed E-state index contributed by atoms with van der Waals surface area (Å²) in [5.41, 5.74) is 0. The minimum atomic E-state index is 0.598. The number of hydrogen-bond donors (Lipinski definition) is 1. The van der Waals surface area contributed by atoms with Gasteiger partial charge in [0, 0.05) is 17.3 Å². The first-order valence-corrected chi connectivity index (χ1v) is 8.51. The van der Waals surface area contributed by atoms with E-state index in [1.54, 1.807) is 0 Å². The zero-order valence-corrected chi connectivity index (χ0v) is 12.3. The summed E-state index contributed by atoms with van der Waals surface area (Å²) in [5, 5.41) is 3.83. The fraction of sp³-hybridized carbons (Fsp3) is 1.00. The lowest BCUT2D eigenvalue weighted by Crippen LogP contribution is -2.49. The maximum absolute atomic E-state index is 3.83. The van der Waals surface area contributed by atoms with Crippen LogP contribution in [-0.2, 0) is 0 Å². The molecular weight excluding hydrogens is 228 g/mol. The van der Waals surface area contributed by atoms with Gasteiger partial charge in [-0.1, -0.05) is 13.3 Å². The Hall–Kier alpha value is 0.270. The summed E-state index contributed by atoms with van der Waals surface area (Å²) in [6.07, 6.45) is 10.6. The van der Waals surface area contributed by atoms with Gasteiger partial charge in [0.2, 0.25) is 0 Å². The first-order valence-electron chi connectivity index (χ1n) is 7.29. The number of nitrogens with zero attached hydrogens (tertiary/aromatic N) is 1. The lowest BCUT2D eigenvalue weighted by atomic mass is 9.84. The first-order chi connectivity index (χ1) is 8.28. The summed E-state index contributed by atoms with van der Waals surface area (Å²) in [7, 11) is 0. The second-order valence-corrected chi connectivity index (χ2v) is 7.01. The van der Waals surface area contributed by atoms with E-state index in [-0.39, 0.29) is 0 Å². The molecule has 0 aromatic carbocycles. The van der Waals surface area contributed by atoms with Gasteiger partial charge in [-0.3, -0.25) is 0 Å². The number of thioether (sulfide) groups is 1. The summed E-state index contributed by atoms with van der Waals surface area (Å²) in [5.74, 6) is 0. The van der Waals surface area contributed by atoms with Crippen molar-refractivity contribution in [1.29, 1.82) is 0 Å². The van der Waals surface area contributed by atoms with Gasteiger partial charge >= 0.3 is 0 Å². The van der Waals surface area contributed by atoms with Crippen LogP contribution in [0.5, 0.6) is 0 Å². The number of piperidine rings is 1. The van der Waals surface area contributed by atoms with Gasteiger partial charge in [0.15, 0.2) is 0 Å². The van der Waals surface area contributed by atoms with Gasteiger partial charge in [0.25, 0.3) is 0 Å². The zero-order valence-electron chi connectivity index (χ0n) is 11.5. The molecule has 2 aliphatic rings. The van der Waals surface area contributed by atoms with E-state index in [1.165, 1.54) is 64.7 Å². The maximum Gasteiger partial charge on any atom is 0.0281 e. The number of rotatable bonds is 6. The average molecular weight is 256 g/mol. The van der Waals surface area contributed by atoms with Gasteiger partial charge in [0.05, 0.1) is 0 Å². The van der Waals surface area contributed by atoms with Crippen molar-refractivity contribution in [3.63, 3.8) is 0 Å². The van der Waals surface area contributed by atoms with Crippen LogP contribution >= 0.6 is 11.8 Å². The van der Waals surface area contributed by atoms with Crippen molar-refractivity contribution in [2.45, 2.75) is 56.2 Å². The molecule has 0 amide bonds. The van der Waals surface area contributed by atoms with E-state index in [1.807, 2.05) is 0 Å². The van der Waals surface area contributed by atoms with E-state index in [0.717, 1.165) is 6.04 Å². The minimum Gasteiger partial charge on any atom is -0.313 e. The Morgan fingerprint density at radius 1 is 1.29 bits per heavy atom. The quantitative estimate of drug-likeness (QED) is 0.787. The molecule has 0 radical (unpaired) electrons. The summed E-state index contributed by atoms with van der Waals surface area (Å²) >= 11 is 2.08. The van der Waals surface area contributed by atoms with Crippen LogP contribution in [0.3, 0.4) is 0 Å². The molecule has 2 fully saturated rings. The summed E-state index contributed by atoms with van der Waals surface area (Å²) in [4.78, 5) is 2.62. The summed E-state index contributed by atoms with van der Waals surface area (Å²) in [6.45, 7) is 7.42. The van der Waals surface area contributed by atoms with Crippen molar-refractivity contribution < 1.29 is 0 Å². The molecule has 1 saturated carbocycles. The third-order valence-electron chi connectivity index (χ3n) is 4.54. The summed E-state index contributed by atoms with van der Waals surface area (Å²) in [6, 6.07) is 0.785. The standard InChI is InChI=1S/C14H28N2S/c1-3-9-16-10-5-13(6-11-16)15-12-14(17-2)7-4-8-14/h13,15H,3-12H2,1-2H3. The molecule has 3 heteroatoms. The molecule has 1 aliphatic heterocycles. The van der Waals surface area contributed by atoms with Crippen LogP contribution in [0.2, 0.25) is 0 Å². The highest BCUT2D eigenvalue weighted by Crippen LogP contribution is 2.42. The molecule has 1 aliphatic carbocycles. The van der Waals surface area contributed by atoms with Gasteiger partial charge in [-0.05, 0) is 58.0 Å². The lowest BCUT2D eigenvalue weighted by molar-refractivity contribution is 0.192. The third kappa shape index (κ3) is 3.62. The molecule has 0 atom stereocenters. The molecule has 1 saturated heterocycles. The Kier molecular flexibility index (Phi) is 5.19. The van der Waals surface area contributed by atoms with Crippen LogP contribution in [0.25, 0.3) is 0 Å². The SMILES string of the molecule is CCCN1CCC(NCC2(SC)CCC2)CC1. The fourth-order valence-electron chi connectivity index (χ4n) is 3.03. The van der Waals surface area contributed by atoms with E-state index < -0.39 is 0 Å². The van der Waals surface area contributed by atoms with Crippen molar-refractivity contribution in [3.05, 3.63) is 0 Å². The van der Waals surface area contributed by atoms with E-state index >= 15 is 0 Å². The molecule has 2 rings (SSSR count). The van der Waals surface area contributed by atoms with Crippen LogP contribution < -0.4 is 5.32 Å². The van der Waals surface area contributed by atoms with Crippen molar-refractivity contribution in [3.8, 4) is 0 Å². The van der Waals surface area contributed by atoms with Crippen LogP contribution in [0.4, 0.5) is 0 Å². The smallest absolute Gasteiger partial charge is 0.0281 e. The second kappa shape index (κ2) is 6.44. The van der Waals surface area contributed by atoms with Crippen molar-refractivity contribution in [2.24, 2.45) is 0 Å². The molecular formula is C14H28N2S. The van der Waals surface area contributed by atoms with E-state index in [2.05, 4.69) is 35.2 Å². The summed E-state index contributed by atoms with van der Waals surface area (Å²) < 4.78 is 0.598. The minimum absolute atomic E-state index is 0.598. The Balaban J connectivity index is 1.64. The maximum atomic E-state index is 3.83. The molecule has 0 aromatic heterocycles. The number of likely N-dealkylation sites (tertiary alicyclic amines) is 1. The van der Waals surface area contributed by atoms with Crippen LogP contribution in [0, 0.1) is 0 Å². The lowest BCUT2D eigenvalue weighted by Gasteiger charge is -2.42. The van der Waals surface area contributed by atoms with Gasteiger partial charge < -0.3 is 10.2 Å². The van der Waals surface area contributed by atoms with Gasteiger partial charge in [-0.25, -0.2) is 0 Å². The van der Waals surface area contributed by atoms with E-state index in [9.17, 15) is 0 Å². The van der Waals surface area contributed by atoms with Crippen LogP contribution in [0.15, 0.2) is 0 Å². The topological polar surface area (TPSA) is 15.3 Å². The molecule has 0 unspecified atom stereocenters. The largest absolute Gasteiger partial charge is 0.313 e. The Labute approximate surface area is 111 Å². The molecule has 0 bridgehead atoms. The Morgan fingerprint density at radius 3 is 2.47 bits per heavy atom. The van der Waals surface area contributed by atoms with Crippen LogP contribution in [-0.4, -0.2) is 48.1 Å². The fourth-order valence-corrected chi connectivity index (χ4v) is 3.96. The highest BCUT2D eigenvalue weighted by Gasteiger charge is 2.36. The van der Waals surface area contributed by atoms with Crippen molar-refractivity contribution >= 4 is 11.8 Å². The Bertz CT molecular complexity index is 215. The van der Waals surface area contributed by atoms with E-state index in [4.69, 9.17) is 0 Å². The predicted molar refractivity (Wildman–Crippen MR) is 77.9 cm³/mol. The average Bonchev–Trinajstić information content (AvgIpc) is 2.31. The zero-order chi connectivity index (χ0) is 12.1. The molecule has 17 heavy (non-hydrogen) atoms. The van der Waals surface area contributed by atoms with Crippen LogP contribution in [0.1, 0.15) is 45.4 Å². The second-order valence-electron chi connectivity index (χ2n) is 5.74. The van der Waals surface area contributed by atoms with Gasteiger partial charge in [-0.15, -0.1) is 0 Å². The molecule has 100 valence electrons. The van der Waals surface area contributed by atoms with Crippen molar-refractivity contribution in [2.75, 3.05) is 32.4 Å². The highest BCUT2D eigenvalue weighted by atomic mass is 32.2. The monoisotopic (exact) mass is 256 g/mol. The number of nitrogens with one attached hydrogen (secondary N) is 1.